The van der Waals surface area contributed by atoms with Crippen LogP contribution in [0.25, 0.3) is 0 Å². The lowest BCUT2D eigenvalue weighted by Gasteiger charge is -2.36. The molecule has 2 N–H and O–H groups in total. The smallest absolute Gasteiger partial charge is 0.341 e. The summed E-state index contributed by atoms with van der Waals surface area (Å²) in [6.45, 7) is 0.136. The van der Waals surface area contributed by atoms with Crippen LogP contribution < -0.4 is 4.74 Å². The van der Waals surface area contributed by atoms with E-state index in [1.165, 1.54) is 28.6 Å². The Hall–Kier alpha value is -1.64. The van der Waals surface area contributed by atoms with Crippen LogP contribution in [0.3, 0.4) is 0 Å². The number of aliphatic carboxylic acids is 1. The number of aliphatic hydroxyl groups is 1. The highest BCUT2D eigenvalue weighted by Crippen LogP contribution is 2.25. The Labute approximate surface area is 116 Å². The van der Waals surface area contributed by atoms with Crippen molar-refractivity contribution in [3.63, 3.8) is 0 Å². The van der Waals surface area contributed by atoms with Gasteiger partial charge in [-0.15, -0.1) is 0 Å². The van der Waals surface area contributed by atoms with Gasteiger partial charge in [-0.25, -0.2) is 13.2 Å². The standard InChI is InChI=1S/C12H15NO6S/c14-7-9-5-13(6-9)20(17,18)11-3-1-10(2-4-11)19-8-12(15)16/h1-4,9,14H,5-8H2,(H,15,16). The van der Waals surface area contributed by atoms with E-state index in [4.69, 9.17) is 14.9 Å². The number of carboxylic acids is 1. The van der Waals surface area contributed by atoms with Crippen molar-refractivity contribution >= 4 is 16.0 Å². The minimum Gasteiger partial charge on any atom is -0.482 e. The van der Waals surface area contributed by atoms with Crippen LogP contribution in [0.15, 0.2) is 29.2 Å². The predicted octanol–water partition coefficient (Wildman–Crippen LogP) is -0.237. The third-order valence-corrected chi connectivity index (χ3v) is 4.85. The number of hydrogen-bond donors (Lipinski definition) is 2. The number of benzene rings is 1. The van der Waals surface area contributed by atoms with Crippen molar-refractivity contribution < 1.29 is 28.2 Å². The number of sulfonamides is 1. The van der Waals surface area contributed by atoms with E-state index >= 15 is 0 Å². The molecule has 1 aromatic rings. The second kappa shape index (κ2) is 5.78. The van der Waals surface area contributed by atoms with Crippen molar-refractivity contribution in [3.05, 3.63) is 24.3 Å². The summed E-state index contributed by atoms with van der Waals surface area (Å²) in [5.41, 5.74) is 0. The summed E-state index contributed by atoms with van der Waals surface area (Å²) in [5.74, 6) is -0.802. The molecule has 1 fully saturated rings. The zero-order valence-electron chi connectivity index (χ0n) is 10.6. The van der Waals surface area contributed by atoms with Gasteiger partial charge in [0.15, 0.2) is 6.61 Å². The molecule has 0 bridgehead atoms. The molecule has 0 atom stereocenters. The van der Waals surface area contributed by atoms with Gasteiger partial charge in [0, 0.05) is 25.6 Å². The Morgan fingerprint density at radius 3 is 2.40 bits per heavy atom. The Morgan fingerprint density at radius 2 is 1.90 bits per heavy atom. The number of ether oxygens (including phenoxy) is 1. The zero-order chi connectivity index (χ0) is 14.8. The molecule has 110 valence electrons. The molecule has 0 radical (unpaired) electrons. The van der Waals surface area contributed by atoms with E-state index in [1.54, 1.807) is 0 Å². The molecule has 1 heterocycles. The Morgan fingerprint density at radius 1 is 1.30 bits per heavy atom. The van der Waals surface area contributed by atoms with Crippen LogP contribution in [0, 0.1) is 5.92 Å². The summed E-state index contributed by atoms with van der Waals surface area (Å²) >= 11 is 0. The molecule has 2 rings (SSSR count). The van der Waals surface area contributed by atoms with Gasteiger partial charge in [-0.3, -0.25) is 0 Å². The molecule has 1 aromatic carbocycles. The van der Waals surface area contributed by atoms with Crippen LogP contribution in [-0.4, -0.2) is 55.2 Å². The van der Waals surface area contributed by atoms with Crippen LogP contribution in [0.2, 0.25) is 0 Å². The van der Waals surface area contributed by atoms with Crippen molar-refractivity contribution in [3.8, 4) is 5.75 Å². The minimum atomic E-state index is -3.54. The molecule has 20 heavy (non-hydrogen) atoms. The third-order valence-electron chi connectivity index (χ3n) is 3.01. The number of aliphatic hydroxyl groups excluding tert-OH is 1. The van der Waals surface area contributed by atoms with Gasteiger partial charge >= 0.3 is 5.97 Å². The zero-order valence-corrected chi connectivity index (χ0v) is 11.4. The van der Waals surface area contributed by atoms with Crippen molar-refractivity contribution in [2.24, 2.45) is 5.92 Å². The van der Waals surface area contributed by atoms with Crippen molar-refractivity contribution in [2.75, 3.05) is 26.3 Å². The fourth-order valence-corrected chi connectivity index (χ4v) is 3.43. The maximum absolute atomic E-state index is 12.2. The highest BCUT2D eigenvalue weighted by atomic mass is 32.2. The monoisotopic (exact) mass is 301 g/mol. The average Bonchev–Trinajstić information content (AvgIpc) is 2.35. The SMILES string of the molecule is O=C(O)COc1ccc(S(=O)(=O)N2CC(CO)C2)cc1. The summed E-state index contributed by atoms with van der Waals surface area (Å²) in [4.78, 5) is 10.5. The van der Waals surface area contributed by atoms with Crippen LogP contribution in [0.5, 0.6) is 5.75 Å². The molecule has 0 spiro atoms. The van der Waals surface area contributed by atoms with E-state index in [9.17, 15) is 13.2 Å². The first-order chi connectivity index (χ1) is 9.43. The molecule has 0 unspecified atom stereocenters. The largest absolute Gasteiger partial charge is 0.482 e. The lowest BCUT2D eigenvalue weighted by molar-refractivity contribution is -0.139. The molecule has 1 saturated heterocycles. The molecule has 0 aromatic heterocycles. The van der Waals surface area contributed by atoms with Crippen LogP contribution in [-0.2, 0) is 14.8 Å². The molecule has 7 nitrogen and oxygen atoms in total. The topological polar surface area (TPSA) is 104 Å². The second-order valence-electron chi connectivity index (χ2n) is 4.52. The second-order valence-corrected chi connectivity index (χ2v) is 6.46. The molecule has 1 aliphatic rings. The van der Waals surface area contributed by atoms with Crippen LogP contribution in [0.4, 0.5) is 0 Å². The number of carboxylic acid groups (broad SMARTS) is 1. The summed E-state index contributed by atoms with van der Waals surface area (Å²) in [5, 5.41) is 17.4. The van der Waals surface area contributed by atoms with Gasteiger partial charge in [0.2, 0.25) is 10.0 Å². The minimum absolute atomic E-state index is 0.00273. The number of hydrogen-bond acceptors (Lipinski definition) is 5. The summed E-state index contributed by atoms with van der Waals surface area (Å²) in [6.07, 6.45) is 0. The highest BCUT2D eigenvalue weighted by Gasteiger charge is 2.36. The predicted molar refractivity (Wildman–Crippen MR) is 68.9 cm³/mol. The normalized spacial score (nSPS) is 16.6. The lowest BCUT2D eigenvalue weighted by atomic mass is 10.1. The quantitative estimate of drug-likeness (QED) is 0.751. The van der Waals surface area contributed by atoms with Crippen molar-refractivity contribution in [2.45, 2.75) is 4.90 Å². The number of carbonyl (C=O) groups is 1. The number of nitrogens with zero attached hydrogens (tertiary/aromatic N) is 1. The molecule has 0 amide bonds. The maximum Gasteiger partial charge on any atom is 0.341 e. The first-order valence-electron chi connectivity index (χ1n) is 5.99. The van der Waals surface area contributed by atoms with E-state index < -0.39 is 22.6 Å². The third kappa shape index (κ3) is 3.09. The fourth-order valence-electron chi connectivity index (χ4n) is 1.84. The molecular formula is C12H15NO6S. The summed E-state index contributed by atoms with van der Waals surface area (Å²) in [6, 6.07) is 5.58. The summed E-state index contributed by atoms with van der Waals surface area (Å²) in [7, 11) is -3.54. The molecule has 0 saturated carbocycles. The van der Waals surface area contributed by atoms with Crippen LogP contribution >= 0.6 is 0 Å². The van der Waals surface area contributed by atoms with E-state index in [-0.39, 0.29) is 17.4 Å². The first kappa shape index (κ1) is 14.8. The Bertz CT molecular complexity index is 576. The van der Waals surface area contributed by atoms with Crippen LogP contribution in [0.1, 0.15) is 0 Å². The van der Waals surface area contributed by atoms with Crippen molar-refractivity contribution in [1.29, 1.82) is 0 Å². The van der Waals surface area contributed by atoms with Gasteiger partial charge in [0.1, 0.15) is 5.75 Å². The van der Waals surface area contributed by atoms with Gasteiger partial charge in [-0.2, -0.15) is 4.31 Å². The fraction of sp³-hybridized carbons (Fsp3) is 0.417. The van der Waals surface area contributed by atoms with Crippen molar-refractivity contribution in [1.82, 2.24) is 4.31 Å². The Kier molecular flexibility index (Phi) is 4.26. The highest BCUT2D eigenvalue weighted by molar-refractivity contribution is 7.89. The molecule has 0 aliphatic carbocycles. The van der Waals surface area contributed by atoms with Gasteiger partial charge in [0.25, 0.3) is 0 Å². The van der Waals surface area contributed by atoms with Gasteiger partial charge in [0.05, 0.1) is 4.90 Å². The average molecular weight is 301 g/mol. The molecular weight excluding hydrogens is 286 g/mol. The van der Waals surface area contributed by atoms with E-state index in [0.29, 0.717) is 18.8 Å². The van der Waals surface area contributed by atoms with Gasteiger partial charge in [-0.1, -0.05) is 0 Å². The lowest BCUT2D eigenvalue weighted by Crippen LogP contribution is -2.51. The Balaban J connectivity index is 2.04. The maximum atomic E-state index is 12.2. The summed E-state index contributed by atoms with van der Waals surface area (Å²) < 4.78 is 30.5. The van der Waals surface area contributed by atoms with E-state index in [1.807, 2.05) is 0 Å². The van der Waals surface area contributed by atoms with Gasteiger partial charge in [-0.05, 0) is 24.3 Å². The van der Waals surface area contributed by atoms with E-state index in [0.717, 1.165) is 0 Å². The van der Waals surface area contributed by atoms with E-state index in [2.05, 4.69) is 0 Å². The first-order valence-corrected chi connectivity index (χ1v) is 7.43. The molecule has 8 heteroatoms. The van der Waals surface area contributed by atoms with Gasteiger partial charge < -0.3 is 14.9 Å². The molecule has 1 aliphatic heterocycles. The number of rotatable bonds is 6.